The number of amides is 1. The number of carbonyl (C=O) groups is 2. The number of methoxy groups -OCH3 is 1. The van der Waals surface area contributed by atoms with Crippen molar-refractivity contribution in [1.29, 1.82) is 0 Å². The zero-order valence-corrected chi connectivity index (χ0v) is 16.3. The number of carbonyl (C=O) groups excluding carboxylic acids is 2. The fourth-order valence-corrected chi connectivity index (χ4v) is 4.15. The van der Waals surface area contributed by atoms with Gasteiger partial charge in [-0.1, -0.05) is 13.0 Å². The number of rotatable bonds is 5. The number of aromatic nitrogens is 1. The molecule has 1 aliphatic rings. The van der Waals surface area contributed by atoms with Crippen molar-refractivity contribution in [1.82, 2.24) is 14.8 Å². The van der Waals surface area contributed by atoms with Crippen molar-refractivity contribution >= 4 is 23.2 Å². The van der Waals surface area contributed by atoms with E-state index in [1.807, 2.05) is 18.7 Å². The lowest BCUT2D eigenvalue weighted by Crippen LogP contribution is -2.48. The number of ether oxygens (including phenoxy) is 1. The van der Waals surface area contributed by atoms with Gasteiger partial charge in [-0.2, -0.15) is 0 Å². The molecule has 26 heavy (non-hydrogen) atoms. The van der Waals surface area contributed by atoms with Gasteiger partial charge in [0.2, 0.25) is 0 Å². The zero-order valence-electron chi connectivity index (χ0n) is 15.5. The summed E-state index contributed by atoms with van der Waals surface area (Å²) in [6.07, 6.45) is 0.646. The number of nitrogens with zero attached hydrogens (tertiary/aromatic N) is 2. The quantitative estimate of drug-likeness (QED) is 0.816. The maximum Gasteiger partial charge on any atom is 0.339 e. The Hall–Kier alpha value is -2.12. The fraction of sp³-hybridized carbons (Fsp3) is 0.474. The molecule has 0 spiro atoms. The number of aryl methyl sites for hydroxylation is 1. The summed E-state index contributed by atoms with van der Waals surface area (Å²) in [5.41, 5.74) is 2.44. The lowest BCUT2D eigenvalue weighted by molar-refractivity contribution is 0.0599. The summed E-state index contributed by atoms with van der Waals surface area (Å²) in [7, 11) is 1.36. The Labute approximate surface area is 157 Å². The van der Waals surface area contributed by atoms with Crippen molar-refractivity contribution in [3.05, 3.63) is 44.9 Å². The van der Waals surface area contributed by atoms with Crippen LogP contribution in [0.25, 0.3) is 0 Å². The van der Waals surface area contributed by atoms with Crippen LogP contribution in [0.5, 0.6) is 0 Å². The number of hydrogen-bond acceptors (Lipinski definition) is 5. The van der Waals surface area contributed by atoms with Crippen molar-refractivity contribution in [3.8, 4) is 0 Å². The Morgan fingerprint density at radius 3 is 2.58 bits per heavy atom. The first kappa shape index (κ1) is 18.7. The van der Waals surface area contributed by atoms with Gasteiger partial charge in [-0.25, -0.2) is 4.79 Å². The summed E-state index contributed by atoms with van der Waals surface area (Å²) in [5, 5.41) is 2.09. The van der Waals surface area contributed by atoms with Gasteiger partial charge in [0, 0.05) is 43.3 Å². The summed E-state index contributed by atoms with van der Waals surface area (Å²) in [4.78, 5) is 33.7. The molecule has 1 amide bonds. The molecule has 0 aliphatic carbocycles. The third-order valence-corrected chi connectivity index (χ3v) is 5.76. The van der Waals surface area contributed by atoms with Gasteiger partial charge in [-0.05, 0) is 30.4 Å². The number of piperazine rings is 1. The summed E-state index contributed by atoms with van der Waals surface area (Å²) in [6.45, 7) is 7.79. The predicted octanol–water partition coefficient (Wildman–Crippen LogP) is 2.69. The highest BCUT2D eigenvalue weighted by Gasteiger charge is 2.28. The van der Waals surface area contributed by atoms with Crippen molar-refractivity contribution in [2.45, 2.75) is 26.8 Å². The number of hydrogen-bond donors (Lipinski definition) is 1. The molecule has 0 atom stereocenters. The van der Waals surface area contributed by atoms with Gasteiger partial charge in [0.1, 0.15) is 5.69 Å². The molecule has 3 rings (SSSR count). The Bertz CT molecular complexity index is 774. The number of aromatic amines is 1. The lowest BCUT2D eigenvalue weighted by atomic mass is 10.1. The Morgan fingerprint density at radius 2 is 2.00 bits per heavy atom. The van der Waals surface area contributed by atoms with Crippen molar-refractivity contribution in [3.63, 3.8) is 0 Å². The molecule has 0 unspecified atom stereocenters. The highest BCUT2D eigenvalue weighted by Crippen LogP contribution is 2.22. The van der Waals surface area contributed by atoms with Crippen molar-refractivity contribution in [2.75, 3.05) is 33.3 Å². The Balaban J connectivity index is 1.69. The summed E-state index contributed by atoms with van der Waals surface area (Å²) < 4.78 is 4.87. The Kier molecular flexibility index (Phi) is 5.78. The van der Waals surface area contributed by atoms with E-state index in [0.29, 0.717) is 36.3 Å². The minimum atomic E-state index is -0.393. The molecule has 3 heterocycles. The maximum absolute atomic E-state index is 13.0. The van der Waals surface area contributed by atoms with Gasteiger partial charge in [0.25, 0.3) is 5.91 Å². The molecule has 1 N–H and O–H groups in total. The molecule has 7 heteroatoms. The standard InChI is InChI=1S/C19H25N3O3S/c1-4-15-16(19(24)25-3)13(2)17(20-15)18(23)22-9-7-21(8-10-22)12-14-6-5-11-26-14/h5-6,11,20H,4,7-10,12H2,1-3H3. The van der Waals surface area contributed by atoms with Gasteiger partial charge in [0.15, 0.2) is 0 Å². The minimum absolute atomic E-state index is 0.0388. The minimum Gasteiger partial charge on any atom is -0.465 e. The first-order valence-electron chi connectivity index (χ1n) is 8.88. The molecule has 1 saturated heterocycles. The van der Waals surface area contributed by atoms with E-state index in [-0.39, 0.29) is 5.91 Å². The largest absolute Gasteiger partial charge is 0.465 e. The molecular formula is C19H25N3O3S. The van der Waals surface area contributed by atoms with Gasteiger partial charge in [0.05, 0.1) is 12.7 Å². The molecule has 0 radical (unpaired) electrons. The number of esters is 1. The molecule has 6 nitrogen and oxygen atoms in total. The van der Waals surface area contributed by atoms with Gasteiger partial charge in [-0.3, -0.25) is 9.69 Å². The van der Waals surface area contributed by atoms with Crippen molar-refractivity contribution in [2.24, 2.45) is 0 Å². The van der Waals surface area contributed by atoms with E-state index in [2.05, 4.69) is 27.4 Å². The van der Waals surface area contributed by atoms with Crippen LogP contribution in [0.4, 0.5) is 0 Å². The number of H-pyrrole nitrogens is 1. The fourth-order valence-electron chi connectivity index (χ4n) is 3.41. The second-order valence-corrected chi connectivity index (χ2v) is 7.50. The van der Waals surface area contributed by atoms with Crippen LogP contribution in [0.15, 0.2) is 17.5 Å². The van der Waals surface area contributed by atoms with Crippen molar-refractivity contribution < 1.29 is 14.3 Å². The maximum atomic E-state index is 13.0. The predicted molar refractivity (Wildman–Crippen MR) is 102 cm³/mol. The normalized spacial score (nSPS) is 15.3. The molecule has 0 aromatic carbocycles. The summed E-state index contributed by atoms with van der Waals surface area (Å²) in [5.74, 6) is -0.432. The van der Waals surface area contributed by atoms with Gasteiger partial charge in [-0.15, -0.1) is 11.3 Å². The van der Waals surface area contributed by atoms with E-state index in [1.165, 1.54) is 12.0 Å². The van der Waals surface area contributed by atoms with E-state index in [4.69, 9.17) is 4.74 Å². The van der Waals surface area contributed by atoms with Crippen LogP contribution in [0, 0.1) is 6.92 Å². The zero-order chi connectivity index (χ0) is 18.7. The van der Waals surface area contributed by atoms with Crippen LogP contribution in [0.3, 0.4) is 0 Å². The van der Waals surface area contributed by atoms with E-state index in [1.54, 1.807) is 11.3 Å². The molecule has 2 aromatic rings. The van der Waals surface area contributed by atoms with E-state index in [0.717, 1.165) is 25.3 Å². The first-order valence-corrected chi connectivity index (χ1v) is 9.76. The molecule has 140 valence electrons. The third-order valence-electron chi connectivity index (χ3n) is 4.90. The highest BCUT2D eigenvalue weighted by atomic mass is 32.1. The van der Waals surface area contributed by atoms with Crippen LogP contribution in [-0.2, 0) is 17.7 Å². The number of thiophene rings is 1. The monoisotopic (exact) mass is 375 g/mol. The first-order chi connectivity index (χ1) is 12.5. The van der Waals surface area contributed by atoms with Crippen LogP contribution < -0.4 is 0 Å². The van der Waals surface area contributed by atoms with E-state index >= 15 is 0 Å². The average molecular weight is 375 g/mol. The highest BCUT2D eigenvalue weighted by molar-refractivity contribution is 7.09. The molecule has 2 aromatic heterocycles. The van der Waals surface area contributed by atoms with Crippen LogP contribution in [0.2, 0.25) is 0 Å². The average Bonchev–Trinajstić information content (AvgIpc) is 3.28. The SMILES string of the molecule is CCc1[nH]c(C(=O)N2CCN(Cc3cccs3)CC2)c(C)c1C(=O)OC. The second-order valence-electron chi connectivity index (χ2n) is 6.47. The van der Waals surface area contributed by atoms with Gasteiger partial charge >= 0.3 is 5.97 Å². The topological polar surface area (TPSA) is 65.6 Å². The Morgan fingerprint density at radius 1 is 1.27 bits per heavy atom. The second kappa shape index (κ2) is 8.05. The van der Waals surface area contributed by atoms with Crippen LogP contribution >= 0.6 is 11.3 Å². The molecular weight excluding hydrogens is 350 g/mol. The smallest absolute Gasteiger partial charge is 0.339 e. The van der Waals surface area contributed by atoms with Crippen LogP contribution in [-0.4, -0.2) is 59.9 Å². The van der Waals surface area contributed by atoms with Crippen LogP contribution in [0.1, 0.15) is 43.9 Å². The molecule has 1 aliphatic heterocycles. The molecule has 1 fully saturated rings. The molecule has 0 saturated carbocycles. The number of nitrogens with one attached hydrogen (secondary N) is 1. The van der Waals surface area contributed by atoms with E-state index < -0.39 is 5.97 Å². The lowest BCUT2D eigenvalue weighted by Gasteiger charge is -2.34. The summed E-state index contributed by atoms with van der Waals surface area (Å²) >= 11 is 1.76. The van der Waals surface area contributed by atoms with Gasteiger partial charge < -0.3 is 14.6 Å². The summed E-state index contributed by atoms with van der Waals surface area (Å²) in [6, 6.07) is 4.21. The third kappa shape index (κ3) is 3.68. The molecule has 0 bridgehead atoms. The van der Waals surface area contributed by atoms with E-state index in [9.17, 15) is 9.59 Å².